The highest BCUT2D eigenvalue weighted by atomic mass is 35.5. The Balaban J connectivity index is 1.96. The Hall–Kier alpha value is -2.44. The third kappa shape index (κ3) is 2.78. The molecule has 2 heterocycles. The summed E-state index contributed by atoms with van der Waals surface area (Å²) in [6, 6.07) is 9.98. The van der Waals surface area contributed by atoms with E-state index in [1.807, 2.05) is 0 Å². The van der Waals surface area contributed by atoms with Crippen molar-refractivity contribution in [2.75, 3.05) is 5.32 Å². The van der Waals surface area contributed by atoms with Gasteiger partial charge in [-0.3, -0.25) is 4.79 Å². The van der Waals surface area contributed by atoms with E-state index in [2.05, 4.69) is 15.4 Å². The molecule has 1 aromatic carbocycles. The average Bonchev–Trinajstić information content (AvgIpc) is 3.03. The fourth-order valence-corrected chi connectivity index (χ4v) is 2.58. The SMILES string of the molecule is CC[C@](O)(C(=O)Nc1ccnc2ccnn12)c1cccc(Cl)c1. The number of nitrogens with one attached hydrogen (secondary N) is 1. The summed E-state index contributed by atoms with van der Waals surface area (Å²) in [4.78, 5) is 16.8. The predicted molar refractivity (Wildman–Crippen MR) is 87.3 cm³/mol. The molecular weight excluding hydrogens is 316 g/mol. The first kappa shape index (κ1) is 15.5. The van der Waals surface area contributed by atoms with Gasteiger partial charge in [-0.25, -0.2) is 4.98 Å². The Morgan fingerprint density at radius 2 is 2.17 bits per heavy atom. The number of hydrogen-bond acceptors (Lipinski definition) is 4. The van der Waals surface area contributed by atoms with E-state index in [0.717, 1.165) is 0 Å². The summed E-state index contributed by atoms with van der Waals surface area (Å²) in [5.74, 6) is -0.121. The number of aliphatic hydroxyl groups is 1. The third-order valence-corrected chi connectivity index (χ3v) is 3.96. The maximum Gasteiger partial charge on any atom is 0.262 e. The number of carbonyl (C=O) groups excluding carboxylic acids is 1. The Labute approximate surface area is 137 Å². The first-order chi connectivity index (χ1) is 11.0. The monoisotopic (exact) mass is 330 g/mol. The lowest BCUT2D eigenvalue weighted by Gasteiger charge is -2.26. The van der Waals surface area contributed by atoms with Crippen LogP contribution in [0.3, 0.4) is 0 Å². The molecule has 0 radical (unpaired) electrons. The maximum atomic E-state index is 12.7. The van der Waals surface area contributed by atoms with Crippen LogP contribution in [-0.4, -0.2) is 25.6 Å². The molecule has 1 amide bonds. The normalized spacial score (nSPS) is 13.7. The summed E-state index contributed by atoms with van der Waals surface area (Å²) in [7, 11) is 0. The highest BCUT2D eigenvalue weighted by Gasteiger charge is 2.36. The Morgan fingerprint density at radius 3 is 2.91 bits per heavy atom. The quantitative estimate of drug-likeness (QED) is 0.770. The molecule has 0 aliphatic carbocycles. The van der Waals surface area contributed by atoms with Gasteiger partial charge in [-0.15, -0.1) is 0 Å². The molecule has 0 bridgehead atoms. The van der Waals surface area contributed by atoms with Crippen LogP contribution in [0.4, 0.5) is 5.82 Å². The fraction of sp³-hybridized carbons (Fsp3) is 0.188. The zero-order chi connectivity index (χ0) is 16.4. The summed E-state index contributed by atoms with van der Waals surface area (Å²) in [5, 5.41) is 18.1. The highest BCUT2D eigenvalue weighted by molar-refractivity contribution is 6.30. The van der Waals surface area contributed by atoms with Gasteiger partial charge < -0.3 is 10.4 Å². The second-order valence-electron chi connectivity index (χ2n) is 5.11. The number of benzene rings is 1. The number of rotatable bonds is 4. The number of fused-ring (bicyclic) bond motifs is 1. The topological polar surface area (TPSA) is 79.5 Å². The first-order valence-electron chi connectivity index (χ1n) is 7.13. The first-order valence-corrected chi connectivity index (χ1v) is 7.51. The van der Waals surface area contributed by atoms with Crippen molar-refractivity contribution in [2.24, 2.45) is 0 Å². The van der Waals surface area contributed by atoms with Crippen LogP contribution in [-0.2, 0) is 10.4 Å². The maximum absolute atomic E-state index is 12.7. The number of hydrogen-bond donors (Lipinski definition) is 2. The van der Waals surface area contributed by atoms with E-state index in [-0.39, 0.29) is 6.42 Å². The zero-order valence-corrected chi connectivity index (χ0v) is 13.2. The number of carbonyl (C=O) groups is 1. The van der Waals surface area contributed by atoms with Crippen LogP contribution in [0.1, 0.15) is 18.9 Å². The minimum atomic E-state index is -1.69. The third-order valence-electron chi connectivity index (χ3n) is 3.72. The number of halogens is 1. The van der Waals surface area contributed by atoms with Gasteiger partial charge in [0, 0.05) is 17.3 Å². The Kier molecular flexibility index (Phi) is 4.02. The van der Waals surface area contributed by atoms with E-state index in [1.165, 1.54) is 4.52 Å². The van der Waals surface area contributed by atoms with E-state index in [0.29, 0.717) is 22.1 Å². The molecule has 1 atom stereocenters. The van der Waals surface area contributed by atoms with Gasteiger partial charge in [-0.05, 0) is 30.2 Å². The highest BCUT2D eigenvalue weighted by Crippen LogP contribution is 2.28. The molecule has 0 spiro atoms. The molecule has 0 aliphatic heterocycles. The Bertz CT molecular complexity index is 864. The lowest BCUT2D eigenvalue weighted by Crippen LogP contribution is -2.40. The molecule has 118 valence electrons. The van der Waals surface area contributed by atoms with E-state index < -0.39 is 11.5 Å². The van der Waals surface area contributed by atoms with Gasteiger partial charge in [0.15, 0.2) is 11.2 Å². The van der Waals surface area contributed by atoms with Gasteiger partial charge in [-0.1, -0.05) is 30.7 Å². The predicted octanol–water partition coefficient (Wildman–Crippen LogP) is 2.62. The summed E-state index contributed by atoms with van der Waals surface area (Å²) in [6.07, 6.45) is 3.35. The van der Waals surface area contributed by atoms with Crippen LogP contribution in [0.15, 0.2) is 48.8 Å². The second kappa shape index (κ2) is 5.98. The number of nitrogens with zero attached hydrogens (tertiary/aromatic N) is 3. The summed E-state index contributed by atoms with van der Waals surface area (Å²) < 4.78 is 1.49. The van der Waals surface area contributed by atoms with Crippen molar-refractivity contribution in [1.29, 1.82) is 0 Å². The minimum absolute atomic E-state index is 0.201. The fourth-order valence-electron chi connectivity index (χ4n) is 2.39. The van der Waals surface area contributed by atoms with Gasteiger partial charge in [0.05, 0.1) is 6.20 Å². The van der Waals surface area contributed by atoms with Gasteiger partial charge in [0.1, 0.15) is 5.82 Å². The molecule has 23 heavy (non-hydrogen) atoms. The molecule has 0 saturated heterocycles. The minimum Gasteiger partial charge on any atom is -0.375 e. The van der Waals surface area contributed by atoms with Gasteiger partial charge >= 0.3 is 0 Å². The van der Waals surface area contributed by atoms with E-state index in [1.54, 1.807) is 55.7 Å². The summed E-state index contributed by atoms with van der Waals surface area (Å²) in [5.41, 5.74) is -0.644. The van der Waals surface area contributed by atoms with Crippen LogP contribution in [0.2, 0.25) is 5.02 Å². The summed E-state index contributed by atoms with van der Waals surface area (Å²) >= 11 is 5.97. The molecule has 0 aliphatic rings. The summed E-state index contributed by atoms with van der Waals surface area (Å²) in [6.45, 7) is 1.73. The number of amides is 1. The lowest BCUT2D eigenvalue weighted by atomic mass is 9.90. The van der Waals surface area contributed by atoms with Crippen molar-refractivity contribution < 1.29 is 9.90 Å². The van der Waals surface area contributed by atoms with Crippen molar-refractivity contribution in [3.8, 4) is 0 Å². The van der Waals surface area contributed by atoms with Crippen molar-refractivity contribution in [2.45, 2.75) is 18.9 Å². The van der Waals surface area contributed by atoms with Gasteiger partial charge in [0.25, 0.3) is 5.91 Å². The standard InChI is InChI=1S/C16H15ClN4O2/c1-2-16(23,11-4-3-5-12(17)10-11)15(22)20-14-6-8-18-13-7-9-19-21(13)14/h3-10,23H,2H2,1H3,(H,20,22)/t16-/m1/s1. The van der Waals surface area contributed by atoms with Crippen molar-refractivity contribution >= 4 is 29.0 Å². The van der Waals surface area contributed by atoms with Crippen LogP contribution >= 0.6 is 11.6 Å². The molecule has 0 saturated carbocycles. The second-order valence-corrected chi connectivity index (χ2v) is 5.55. The molecule has 7 heteroatoms. The van der Waals surface area contributed by atoms with Crippen molar-refractivity contribution in [3.05, 3.63) is 59.4 Å². The molecule has 3 aromatic rings. The average molecular weight is 331 g/mol. The van der Waals surface area contributed by atoms with E-state index in [4.69, 9.17) is 11.6 Å². The molecular formula is C16H15ClN4O2. The smallest absolute Gasteiger partial charge is 0.262 e. The van der Waals surface area contributed by atoms with Crippen LogP contribution in [0, 0.1) is 0 Å². The molecule has 2 N–H and O–H groups in total. The van der Waals surface area contributed by atoms with Crippen molar-refractivity contribution in [3.63, 3.8) is 0 Å². The van der Waals surface area contributed by atoms with Crippen LogP contribution in [0.25, 0.3) is 5.65 Å². The molecule has 3 rings (SSSR count). The zero-order valence-electron chi connectivity index (χ0n) is 12.4. The Morgan fingerprint density at radius 1 is 1.35 bits per heavy atom. The lowest BCUT2D eigenvalue weighted by molar-refractivity contribution is -0.135. The van der Waals surface area contributed by atoms with E-state index >= 15 is 0 Å². The van der Waals surface area contributed by atoms with E-state index in [9.17, 15) is 9.90 Å². The number of aromatic nitrogens is 3. The molecule has 0 unspecified atom stereocenters. The van der Waals surface area contributed by atoms with Gasteiger partial charge in [-0.2, -0.15) is 9.61 Å². The van der Waals surface area contributed by atoms with Crippen molar-refractivity contribution in [1.82, 2.24) is 14.6 Å². The molecule has 2 aromatic heterocycles. The molecule has 0 fully saturated rings. The largest absolute Gasteiger partial charge is 0.375 e. The molecule has 6 nitrogen and oxygen atoms in total. The number of anilines is 1. The van der Waals surface area contributed by atoms with Gasteiger partial charge in [0.2, 0.25) is 0 Å². The van der Waals surface area contributed by atoms with Crippen LogP contribution in [0.5, 0.6) is 0 Å². The van der Waals surface area contributed by atoms with Crippen LogP contribution < -0.4 is 5.32 Å².